The van der Waals surface area contributed by atoms with Crippen LogP contribution in [0.1, 0.15) is 68.9 Å². The molecule has 0 amide bonds. The molecule has 4 aliphatic rings. The fourth-order valence-corrected chi connectivity index (χ4v) is 11.7. The van der Waals surface area contributed by atoms with Crippen LogP contribution in [0.25, 0.3) is 0 Å². The van der Waals surface area contributed by atoms with Crippen molar-refractivity contribution in [1.82, 2.24) is 17.8 Å². The summed E-state index contributed by atoms with van der Waals surface area (Å²) < 4.78 is 62.3. The summed E-state index contributed by atoms with van der Waals surface area (Å²) in [6.45, 7) is 4.60. The summed E-state index contributed by atoms with van der Waals surface area (Å²) in [5.74, 6) is 0.610. The predicted octanol–water partition coefficient (Wildman–Crippen LogP) is 5.46. The first-order chi connectivity index (χ1) is 22.5. The molecule has 0 aromatic heterocycles. The quantitative estimate of drug-likeness (QED) is 0.381. The monoisotopic (exact) mass is 705 g/mol. The summed E-state index contributed by atoms with van der Waals surface area (Å²) in [5, 5.41) is 0.671. The van der Waals surface area contributed by atoms with E-state index in [4.69, 9.17) is 11.6 Å². The van der Waals surface area contributed by atoms with Crippen LogP contribution < -0.4 is 4.90 Å². The standard InChI is InChI=1S/C35H52ClN5O4S2/c1-37(2)33-13-15-34(16-14-33)46(42,43)41-22-7-20-38(25-28-8-4-3-5-9-28)19-6-21-39(27-31-11-17-35(31)41)47(44,45)40-23-18-29-24-32(36)12-10-30(29)26-40/h10,12-16,24,28,31,35H,3-9,11,17-23,25-27H2,1-2H3/t31-,35+/m1/s1. The summed E-state index contributed by atoms with van der Waals surface area (Å²) in [7, 11) is -3.66. The van der Waals surface area contributed by atoms with Crippen LogP contribution in [-0.2, 0) is 33.2 Å². The Labute approximate surface area is 288 Å². The Kier molecular flexibility index (Phi) is 11.2. The molecule has 9 nitrogen and oxygen atoms in total. The topological polar surface area (TPSA) is 84.5 Å². The van der Waals surface area contributed by atoms with Crippen molar-refractivity contribution in [3.05, 3.63) is 58.6 Å². The van der Waals surface area contributed by atoms with Crippen LogP contribution in [0.15, 0.2) is 47.4 Å². The zero-order chi connectivity index (χ0) is 33.2. The van der Waals surface area contributed by atoms with Gasteiger partial charge < -0.3 is 9.80 Å². The third-order valence-electron chi connectivity index (χ3n) is 10.9. The zero-order valence-electron chi connectivity index (χ0n) is 28.1. The van der Waals surface area contributed by atoms with Gasteiger partial charge in [-0.1, -0.05) is 36.9 Å². The minimum absolute atomic E-state index is 0.0470. The first-order valence-electron chi connectivity index (χ1n) is 17.6. The lowest BCUT2D eigenvalue weighted by Crippen LogP contribution is -2.56. The lowest BCUT2D eigenvalue weighted by Gasteiger charge is -2.46. The SMILES string of the molecule is CN(C)c1ccc(S(=O)(=O)N2CCCN(CC3CCCCC3)CCCN(S(=O)(=O)N3CCc4cc(Cl)ccc4C3)C[C@H]3CC[C@@H]32)cc1. The third kappa shape index (κ3) is 8.03. The molecule has 0 N–H and O–H groups in total. The fourth-order valence-electron chi connectivity index (χ4n) is 8.03. The molecule has 1 saturated heterocycles. The van der Waals surface area contributed by atoms with Crippen molar-refractivity contribution >= 4 is 37.5 Å². The highest BCUT2D eigenvalue weighted by Gasteiger charge is 2.44. The Balaban J connectivity index is 1.26. The van der Waals surface area contributed by atoms with Gasteiger partial charge in [0.1, 0.15) is 0 Å². The van der Waals surface area contributed by atoms with Crippen molar-refractivity contribution in [2.45, 2.75) is 81.7 Å². The normalized spacial score (nSPS) is 25.2. The van der Waals surface area contributed by atoms with Crippen LogP contribution in [0.4, 0.5) is 5.69 Å². The van der Waals surface area contributed by atoms with Crippen LogP contribution in [0.5, 0.6) is 0 Å². The van der Waals surface area contributed by atoms with Crippen LogP contribution >= 0.6 is 11.6 Å². The maximum Gasteiger partial charge on any atom is 0.282 e. The van der Waals surface area contributed by atoms with Gasteiger partial charge in [0, 0.05) is 70.1 Å². The Morgan fingerprint density at radius 2 is 1.49 bits per heavy atom. The summed E-state index contributed by atoms with van der Waals surface area (Å²) >= 11 is 6.23. The molecule has 2 aromatic carbocycles. The van der Waals surface area contributed by atoms with Gasteiger partial charge in [-0.05, 0) is 117 Å². The molecule has 0 radical (unpaired) electrons. The molecule has 0 spiro atoms. The van der Waals surface area contributed by atoms with E-state index in [-0.39, 0.29) is 12.0 Å². The molecule has 47 heavy (non-hydrogen) atoms. The van der Waals surface area contributed by atoms with Gasteiger partial charge in [0.15, 0.2) is 0 Å². The Morgan fingerprint density at radius 1 is 0.766 bits per heavy atom. The second-order valence-electron chi connectivity index (χ2n) is 14.3. The number of rotatable bonds is 7. The zero-order valence-corrected chi connectivity index (χ0v) is 30.5. The molecule has 2 atom stereocenters. The summed E-state index contributed by atoms with van der Waals surface area (Å²) in [6, 6.07) is 12.6. The molecule has 6 rings (SSSR count). The molecular formula is C35H52ClN5O4S2. The van der Waals surface area contributed by atoms with E-state index in [0.717, 1.165) is 62.1 Å². The summed E-state index contributed by atoms with van der Waals surface area (Å²) in [6.07, 6.45) is 10.1. The average molecular weight is 706 g/mol. The van der Waals surface area contributed by atoms with Crippen LogP contribution in [0.3, 0.4) is 0 Å². The molecular weight excluding hydrogens is 654 g/mol. The fraction of sp³-hybridized carbons (Fsp3) is 0.657. The highest BCUT2D eigenvalue weighted by Crippen LogP contribution is 2.38. The average Bonchev–Trinajstić information content (AvgIpc) is 3.04. The van der Waals surface area contributed by atoms with E-state index < -0.39 is 20.2 Å². The van der Waals surface area contributed by atoms with Crippen LogP contribution in [-0.4, -0.2) is 101 Å². The van der Waals surface area contributed by atoms with E-state index in [2.05, 4.69) is 4.90 Å². The van der Waals surface area contributed by atoms with Crippen LogP contribution in [0, 0.1) is 11.8 Å². The van der Waals surface area contributed by atoms with Crippen LogP contribution in [0.2, 0.25) is 5.02 Å². The Bertz CT molecular complexity index is 1580. The molecule has 2 aromatic rings. The lowest BCUT2D eigenvalue weighted by atomic mass is 9.79. The molecule has 12 heteroatoms. The van der Waals surface area contributed by atoms with E-state index >= 15 is 0 Å². The molecule has 0 bridgehead atoms. The molecule has 0 unspecified atom stereocenters. The number of anilines is 1. The van der Waals surface area contributed by atoms with Gasteiger partial charge in [0.25, 0.3) is 10.2 Å². The lowest BCUT2D eigenvalue weighted by molar-refractivity contribution is 0.0958. The van der Waals surface area contributed by atoms with E-state index in [1.54, 1.807) is 25.0 Å². The maximum atomic E-state index is 14.4. The van der Waals surface area contributed by atoms with E-state index in [1.807, 2.05) is 49.3 Å². The molecule has 3 fully saturated rings. The predicted molar refractivity (Wildman–Crippen MR) is 189 cm³/mol. The largest absolute Gasteiger partial charge is 0.378 e. The first kappa shape index (κ1) is 35.1. The second kappa shape index (κ2) is 15.0. The Hall–Kier alpha value is -1.73. The van der Waals surface area contributed by atoms with E-state index in [0.29, 0.717) is 55.0 Å². The third-order valence-corrected chi connectivity index (χ3v) is 15.0. The number of sulfonamides is 1. The number of hydrogen-bond acceptors (Lipinski definition) is 6. The van der Waals surface area contributed by atoms with Crippen molar-refractivity contribution < 1.29 is 16.8 Å². The van der Waals surface area contributed by atoms with Crippen molar-refractivity contribution in [2.75, 3.05) is 64.8 Å². The highest BCUT2D eigenvalue weighted by atomic mass is 35.5. The number of halogens is 1. The minimum atomic E-state index is -3.77. The van der Waals surface area contributed by atoms with Gasteiger partial charge in [-0.2, -0.15) is 21.3 Å². The van der Waals surface area contributed by atoms with E-state index in [9.17, 15) is 16.8 Å². The van der Waals surface area contributed by atoms with Gasteiger partial charge >= 0.3 is 0 Å². The van der Waals surface area contributed by atoms with Crippen molar-refractivity contribution in [1.29, 1.82) is 0 Å². The highest BCUT2D eigenvalue weighted by molar-refractivity contribution is 7.89. The summed E-state index contributed by atoms with van der Waals surface area (Å²) in [5.41, 5.74) is 3.05. The first-order valence-corrected chi connectivity index (χ1v) is 20.8. The van der Waals surface area contributed by atoms with Gasteiger partial charge in [0.05, 0.1) is 4.90 Å². The molecule has 2 aliphatic carbocycles. The number of hydrogen-bond donors (Lipinski definition) is 0. The second-order valence-corrected chi connectivity index (χ2v) is 18.5. The number of fused-ring (bicyclic) bond motifs is 2. The molecule has 2 heterocycles. The van der Waals surface area contributed by atoms with Gasteiger partial charge in [-0.15, -0.1) is 0 Å². The number of nitrogens with zero attached hydrogens (tertiary/aromatic N) is 5. The number of benzene rings is 2. The van der Waals surface area contributed by atoms with Gasteiger partial charge in [-0.3, -0.25) is 0 Å². The molecule has 2 aliphatic heterocycles. The van der Waals surface area contributed by atoms with Gasteiger partial charge in [0.2, 0.25) is 10.0 Å². The minimum Gasteiger partial charge on any atom is -0.378 e. The van der Waals surface area contributed by atoms with Crippen molar-refractivity contribution in [3.63, 3.8) is 0 Å². The van der Waals surface area contributed by atoms with Gasteiger partial charge in [-0.25, -0.2) is 8.42 Å². The van der Waals surface area contributed by atoms with E-state index in [1.165, 1.54) is 32.1 Å². The summed E-state index contributed by atoms with van der Waals surface area (Å²) in [4.78, 5) is 4.75. The smallest absolute Gasteiger partial charge is 0.282 e. The molecule has 2 saturated carbocycles. The molecule has 260 valence electrons. The Morgan fingerprint density at radius 3 is 2.17 bits per heavy atom. The van der Waals surface area contributed by atoms with Crippen molar-refractivity contribution in [2.24, 2.45) is 11.8 Å². The maximum absolute atomic E-state index is 14.4. The van der Waals surface area contributed by atoms with Crippen molar-refractivity contribution in [3.8, 4) is 0 Å².